The third-order valence-electron chi connectivity index (χ3n) is 4.40. The summed E-state index contributed by atoms with van der Waals surface area (Å²) in [7, 11) is 0. The monoisotopic (exact) mass is 404 g/mol. The molecule has 0 saturated carbocycles. The number of rotatable bonds is 6. The van der Waals surface area contributed by atoms with Crippen LogP contribution in [0.25, 0.3) is 0 Å². The second kappa shape index (κ2) is 9.05. The van der Waals surface area contributed by atoms with Gasteiger partial charge >= 0.3 is 5.97 Å². The fraction of sp³-hybridized carbons (Fsp3) is 0.368. The van der Waals surface area contributed by atoms with Crippen molar-refractivity contribution in [2.45, 2.75) is 31.5 Å². The molecule has 2 aromatic rings. The van der Waals surface area contributed by atoms with Gasteiger partial charge in [-0.1, -0.05) is 0 Å². The summed E-state index contributed by atoms with van der Waals surface area (Å²) < 4.78 is 11.8. The first-order chi connectivity index (χ1) is 13.9. The van der Waals surface area contributed by atoms with Crippen molar-refractivity contribution in [2.24, 2.45) is 0 Å². The number of aromatic nitrogens is 2. The molecule has 1 saturated heterocycles. The van der Waals surface area contributed by atoms with E-state index in [2.05, 4.69) is 10.3 Å². The summed E-state index contributed by atoms with van der Waals surface area (Å²) in [5, 5.41) is 31.9. The van der Waals surface area contributed by atoms with Crippen molar-refractivity contribution >= 4 is 17.6 Å². The molecule has 29 heavy (non-hydrogen) atoms. The van der Waals surface area contributed by atoms with Gasteiger partial charge in [0.2, 0.25) is 0 Å². The third kappa shape index (κ3) is 4.57. The zero-order valence-corrected chi connectivity index (χ0v) is 15.6. The lowest BCUT2D eigenvalue weighted by atomic mass is 10.1. The van der Waals surface area contributed by atoms with E-state index in [1.165, 1.54) is 29.1 Å². The largest absolute Gasteiger partial charge is 0.461 e. The van der Waals surface area contributed by atoms with Crippen molar-refractivity contribution in [1.29, 1.82) is 0 Å². The van der Waals surface area contributed by atoms with Gasteiger partial charge in [0.25, 0.3) is 12.1 Å². The zero-order chi connectivity index (χ0) is 21.0. The van der Waals surface area contributed by atoms with Crippen LogP contribution in [0.1, 0.15) is 34.0 Å². The number of hydrogen-bond acceptors (Lipinski definition) is 8. The summed E-state index contributed by atoms with van der Waals surface area (Å²) in [6.45, 7) is 1.49. The number of pyridine rings is 2. The minimum absolute atomic E-state index is 0.131. The second-order valence-corrected chi connectivity index (χ2v) is 6.38. The summed E-state index contributed by atoms with van der Waals surface area (Å²) in [5.41, 5.74) is 0.776. The van der Waals surface area contributed by atoms with Crippen LogP contribution in [-0.2, 0) is 9.47 Å². The number of hydrogen-bond donors (Lipinski definition) is 4. The van der Waals surface area contributed by atoms with E-state index >= 15 is 0 Å². The van der Waals surface area contributed by atoms with E-state index in [-0.39, 0.29) is 17.9 Å². The maximum absolute atomic E-state index is 12.5. The first kappa shape index (κ1) is 20.8. The zero-order valence-electron chi connectivity index (χ0n) is 15.6. The van der Waals surface area contributed by atoms with Crippen molar-refractivity contribution in [1.82, 2.24) is 4.98 Å². The predicted octanol–water partition coefficient (Wildman–Crippen LogP) is -0.590. The van der Waals surface area contributed by atoms with Gasteiger partial charge in [0.15, 0.2) is 18.5 Å². The number of carbonyl (C=O) groups is 2. The van der Waals surface area contributed by atoms with Gasteiger partial charge in [-0.05, 0) is 25.1 Å². The van der Waals surface area contributed by atoms with E-state index < -0.39 is 43.0 Å². The third-order valence-corrected chi connectivity index (χ3v) is 4.40. The molecule has 4 atom stereocenters. The van der Waals surface area contributed by atoms with Gasteiger partial charge in [-0.15, -0.1) is 0 Å². The van der Waals surface area contributed by atoms with Crippen molar-refractivity contribution in [3.05, 3.63) is 54.1 Å². The van der Waals surface area contributed by atoms with E-state index in [1.807, 2.05) is 0 Å². The van der Waals surface area contributed by atoms with Gasteiger partial charge in [0.1, 0.15) is 23.5 Å². The number of nitrogens with one attached hydrogen (secondary N) is 1. The Hall–Kier alpha value is -2.92. The first-order valence-corrected chi connectivity index (χ1v) is 9.02. The van der Waals surface area contributed by atoms with Crippen LogP contribution in [0.4, 0.5) is 5.69 Å². The molecule has 2 aromatic heterocycles. The van der Waals surface area contributed by atoms with E-state index in [0.29, 0.717) is 5.69 Å². The molecule has 1 amide bonds. The molecule has 1 fully saturated rings. The number of esters is 1. The van der Waals surface area contributed by atoms with Crippen molar-refractivity contribution in [2.75, 3.05) is 18.5 Å². The number of amides is 1. The SMILES string of the molecule is CCOC(=O)c1ccc(NC(=O)c2ccc[n+]([C@@H]3O[C@H](CO)[C@@H](O)[C@H]3O)c2)cn1. The summed E-state index contributed by atoms with van der Waals surface area (Å²) in [6, 6.07) is 6.12. The van der Waals surface area contributed by atoms with E-state index in [1.54, 1.807) is 25.3 Å². The standard InChI is InChI=1S/C19H21N3O7/c1-2-28-19(27)13-6-5-12(8-20-13)21-17(26)11-4-3-7-22(9-11)18-16(25)15(24)14(10-23)29-18/h3-9,14-16,18,23-25H,2,10H2,1H3/p+1/t14-,15-,16-,18-/m1/s1. The molecule has 3 heterocycles. The number of ether oxygens (including phenoxy) is 2. The van der Waals surface area contributed by atoms with Gasteiger partial charge < -0.3 is 30.1 Å². The van der Waals surface area contributed by atoms with Crippen LogP contribution < -0.4 is 9.88 Å². The maximum Gasteiger partial charge on any atom is 0.356 e. The lowest BCUT2D eigenvalue weighted by molar-refractivity contribution is -0.765. The molecule has 4 N–H and O–H groups in total. The van der Waals surface area contributed by atoms with Gasteiger partial charge in [0.05, 0.1) is 25.1 Å². The molecule has 0 spiro atoms. The Labute approximate surface area is 166 Å². The lowest BCUT2D eigenvalue weighted by Crippen LogP contribution is -2.46. The average Bonchev–Trinajstić information content (AvgIpc) is 3.03. The summed E-state index contributed by atoms with van der Waals surface area (Å²) in [5.74, 6) is -0.996. The highest BCUT2D eigenvalue weighted by Gasteiger charge is 2.48. The fourth-order valence-corrected chi connectivity index (χ4v) is 2.91. The van der Waals surface area contributed by atoms with Gasteiger partial charge in [-0.25, -0.2) is 9.78 Å². The van der Waals surface area contributed by atoms with Crippen LogP contribution in [0, 0.1) is 0 Å². The van der Waals surface area contributed by atoms with E-state index in [9.17, 15) is 24.9 Å². The van der Waals surface area contributed by atoms with Crippen molar-refractivity contribution in [3.8, 4) is 0 Å². The van der Waals surface area contributed by atoms with Gasteiger partial charge in [0, 0.05) is 6.07 Å². The smallest absolute Gasteiger partial charge is 0.356 e. The Morgan fingerprint density at radius 2 is 2.07 bits per heavy atom. The summed E-state index contributed by atoms with van der Waals surface area (Å²) in [4.78, 5) is 28.1. The molecule has 0 unspecified atom stereocenters. The van der Waals surface area contributed by atoms with Crippen molar-refractivity contribution in [3.63, 3.8) is 0 Å². The van der Waals surface area contributed by atoms with Gasteiger partial charge in [-0.2, -0.15) is 4.57 Å². The van der Waals surface area contributed by atoms with Crippen LogP contribution in [0.3, 0.4) is 0 Å². The number of anilines is 1. The normalized spacial score (nSPS) is 23.6. The first-order valence-electron chi connectivity index (χ1n) is 9.02. The van der Waals surface area contributed by atoms with Crippen LogP contribution in [0.2, 0.25) is 0 Å². The molecular formula is C19H22N3O7+. The van der Waals surface area contributed by atoms with Crippen LogP contribution in [0.5, 0.6) is 0 Å². The van der Waals surface area contributed by atoms with Crippen molar-refractivity contribution < 1.29 is 38.9 Å². The molecule has 10 heteroatoms. The highest BCUT2D eigenvalue weighted by molar-refractivity contribution is 6.03. The Morgan fingerprint density at radius 3 is 2.69 bits per heavy atom. The minimum atomic E-state index is -1.25. The predicted molar refractivity (Wildman–Crippen MR) is 97.8 cm³/mol. The topological polar surface area (TPSA) is 142 Å². The van der Waals surface area contributed by atoms with E-state index in [4.69, 9.17) is 9.47 Å². The number of carbonyl (C=O) groups excluding carboxylic acids is 2. The Kier molecular flexibility index (Phi) is 6.49. The van der Waals surface area contributed by atoms with E-state index in [0.717, 1.165) is 0 Å². The summed E-state index contributed by atoms with van der Waals surface area (Å²) in [6.07, 6.45) is 0.0225. The Balaban J connectivity index is 1.71. The van der Waals surface area contributed by atoms with Gasteiger partial charge in [-0.3, -0.25) is 4.79 Å². The average molecular weight is 404 g/mol. The molecule has 1 aliphatic heterocycles. The number of nitrogens with zero attached hydrogens (tertiary/aromatic N) is 2. The minimum Gasteiger partial charge on any atom is -0.461 e. The molecule has 0 radical (unpaired) electrons. The lowest BCUT2D eigenvalue weighted by Gasteiger charge is -2.10. The quantitative estimate of drug-likeness (QED) is 0.370. The number of aliphatic hydroxyl groups is 3. The maximum atomic E-state index is 12.5. The van der Waals surface area contributed by atoms with Crippen LogP contribution in [-0.4, -0.2) is 63.7 Å². The molecule has 3 rings (SSSR count). The molecule has 154 valence electrons. The molecule has 1 aliphatic rings. The molecule has 0 aliphatic carbocycles. The molecule has 0 bridgehead atoms. The molecule has 10 nitrogen and oxygen atoms in total. The fourth-order valence-electron chi connectivity index (χ4n) is 2.91. The Morgan fingerprint density at radius 1 is 1.28 bits per heavy atom. The summed E-state index contributed by atoms with van der Waals surface area (Å²) >= 11 is 0. The Bertz CT molecular complexity index is 874. The second-order valence-electron chi connectivity index (χ2n) is 6.38. The van der Waals surface area contributed by atoms with Crippen LogP contribution >= 0.6 is 0 Å². The number of aliphatic hydroxyl groups excluding tert-OH is 3. The molecule has 0 aromatic carbocycles. The molecular weight excluding hydrogens is 382 g/mol. The highest BCUT2D eigenvalue weighted by Crippen LogP contribution is 2.25. The van der Waals surface area contributed by atoms with Crippen LogP contribution in [0.15, 0.2) is 42.9 Å². The highest BCUT2D eigenvalue weighted by atomic mass is 16.6.